The first kappa shape index (κ1) is 19.9. The number of carbonyl (C=O) groups is 4. The molecule has 3 amide bonds. The number of carboxylic acid groups (broad SMARTS) is 1. The van der Waals surface area contributed by atoms with E-state index < -0.39 is 35.8 Å². The fraction of sp³-hybridized carbons (Fsp3) is 0.375. The zero-order valence-electron chi connectivity index (χ0n) is 13.7. The SMILES string of the molecule is CC(=O)NC(Cc1ccc(O)cc1)C(=O)NC(CCC(=O)O)C(N)=O. The van der Waals surface area contributed by atoms with Gasteiger partial charge in [0.25, 0.3) is 0 Å². The van der Waals surface area contributed by atoms with E-state index in [1.54, 1.807) is 12.1 Å². The number of nitrogens with one attached hydrogen (secondary N) is 2. The van der Waals surface area contributed by atoms with Gasteiger partial charge in [0.2, 0.25) is 17.7 Å². The van der Waals surface area contributed by atoms with E-state index in [2.05, 4.69) is 10.6 Å². The van der Waals surface area contributed by atoms with Crippen molar-refractivity contribution in [2.75, 3.05) is 0 Å². The summed E-state index contributed by atoms with van der Waals surface area (Å²) >= 11 is 0. The number of carboxylic acids is 1. The summed E-state index contributed by atoms with van der Waals surface area (Å²) < 4.78 is 0. The van der Waals surface area contributed by atoms with Crippen molar-refractivity contribution in [1.82, 2.24) is 10.6 Å². The summed E-state index contributed by atoms with van der Waals surface area (Å²) in [7, 11) is 0. The number of rotatable bonds is 9. The molecule has 0 aliphatic heterocycles. The topological polar surface area (TPSA) is 159 Å². The molecule has 2 atom stereocenters. The molecule has 0 bridgehead atoms. The molecule has 0 aromatic heterocycles. The molecule has 0 saturated heterocycles. The number of nitrogens with two attached hydrogens (primary N) is 1. The van der Waals surface area contributed by atoms with Crippen LogP contribution in [0, 0.1) is 0 Å². The van der Waals surface area contributed by atoms with Crippen LogP contribution in [0.5, 0.6) is 5.75 Å². The predicted octanol–water partition coefficient (Wildman–Crippen LogP) is -0.726. The number of carbonyl (C=O) groups excluding carboxylic acids is 3. The second-order valence-corrected chi connectivity index (χ2v) is 5.52. The second kappa shape index (κ2) is 9.26. The molecule has 25 heavy (non-hydrogen) atoms. The van der Waals surface area contributed by atoms with Gasteiger partial charge in [-0.3, -0.25) is 19.2 Å². The third kappa shape index (κ3) is 7.34. The second-order valence-electron chi connectivity index (χ2n) is 5.52. The molecule has 1 aromatic rings. The molecule has 2 unspecified atom stereocenters. The first-order valence-corrected chi connectivity index (χ1v) is 7.55. The lowest BCUT2D eigenvalue weighted by atomic mass is 10.0. The Morgan fingerprint density at radius 3 is 2.16 bits per heavy atom. The number of aromatic hydroxyl groups is 1. The van der Waals surface area contributed by atoms with Crippen LogP contribution < -0.4 is 16.4 Å². The van der Waals surface area contributed by atoms with Crippen LogP contribution >= 0.6 is 0 Å². The minimum Gasteiger partial charge on any atom is -0.508 e. The Bertz CT molecular complexity index is 644. The van der Waals surface area contributed by atoms with Crippen molar-refractivity contribution in [3.63, 3.8) is 0 Å². The van der Waals surface area contributed by atoms with E-state index in [4.69, 9.17) is 10.8 Å². The van der Waals surface area contributed by atoms with Crippen molar-refractivity contribution >= 4 is 23.7 Å². The zero-order valence-corrected chi connectivity index (χ0v) is 13.7. The molecule has 1 aromatic carbocycles. The Kier molecular flexibility index (Phi) is 7.39. The van der Waals surface area contributed by atoms with Crippen molar-refractivity contribution < 1.29 is 29.4 Å². The number of aliphatic carboxylic acids is 1. The third-order valence-electron chi connectivity index (χ3n) is 3.38. The van der Waals surface area contributed by atoms with E-state index in [0.717, 1.165) is 0 Å². The molecule has 9 heteroatoms. The highest BCUT2D eigenvalue weighted by Gasteiger charge is 2.25. The molecule has 0 heterocycles. The van der Waals surface area contributed by atoms with Crippen LogP contribution in [0.25, 0.3) is 0 Å². The van der Waals surface area contributed by atoms with E-state index >= 15 is 0 Å². The van der Waals surface area contributed by atoms with Crippen LogP contribution in [0.4, 0.5) is 0 Å². The number of benzene rings is 1. The minimum absolute atomic E-state index is 0.0618. The van der Waals surface area contributed by atoms with Crippen LogP contribution in [0.15, 0.2) is 24.3 Å². The average molecular weight is 351 g/mol. The third-order valence-corrected chi connectivity index (χ3v) is 3.38. The van der Waals surface area contributed by atoms with Gasteiger partial charge < -0.3 is 26.6 Å². The smallest absolute Gasteiger partial charge is 0.303 e. The van der Waals surface area contributed by atoms with Crippen molar-refractivity contribution in [2.24, 2.45) is 5.73 Å². The number of primary amides is 1. The van der Waals surface area contributed by atoms with Crippen molar-refractivity contribution in [2.45, 2.75) is 38.3 Å². The Labute approximate surface area is 144 Å². The van der Waals surface area contributed by atoms with Gasteiger partial charge in [0, 0.05) is 19.8 Å². The molecule has 0 aliphatic carbocycles. The summed E-state index contributed by atoms with van der Waals surface area (Å²) in [5, 5.41) is 22.8. The van der Waals surface area contributed by atoms with Gasteiger partial charge in [0.05, 0.1) is 0 Å². The quantitative estimate of drug-likeness (QED) is 0.394. The van der Waals surface area contributed by atoms with Crippen molar-refractivity contribution in [3.05, 3.63) is 29.8 Å². The molecular formula is C16H21N3O6. The summed E-state index contributed by atoms with van der Waals surface area (Å²) in [6.45, 7) is 1.24. The minimum atomic E-state index is -1.15. The number of phenols is 1. The van der Waals surface area contributed by atoms with E-state index in [9.17, 15) is 24.3 Å². The molecule has 0 saturated carbocycles. The lowest BCUT2D eigenvalue weighted by Gasteiger charge is -2.21. The van der Waals surface area contributed by atoms with Gasteiger partial charge in [0.15, 0.2) is 0 Å². The van der Waals surface area contributed by atoms with Gasteiger partial charge in [-0.25, -0.2) is 0 Å². The van der Waals surface area contributed by atoms with E-state index in [0.29, 0.717) is 5.56 Å². The van der Waals surface area contributed by atoms with Crippen LogP contribution in [0.1, 0.15) is 25.3 Å². The number of hydrogen-bond acceptors (Lipinski definition) is 5. The molecule has 1 rings (SSSR count). The lowest BCUT2D eigenvalue weighted by Crippen LogP contribution is -2.53. The summed E-state index contributed by atoms with van der Waals surface area (Å²) in [6, 6.07) is 3.93. The molecule has 136 valence electrons. The maximum absolute atomic E-state index is 12.4. The van der Waals surface area contributed by atoms with Crippen LogP contribution in [-0.2, 0) is 25.6 Å². The van der Waals surface area contributed by atoms with E-state index in [1.807, 2.05) is 0 Å². The standard InChI is InChI=1S/C16H21N3O6/c1-9(20)18-13(8-10-2-4-11(21)5-3-10)16(25)19-12(15(17)24)6-7-14(22)23/h2-5,12-13,21H,6-8H2,1H3,(H2,17,24)(H,18,20)(H,19,25)(H,22,23). The number of amides is 3. The number of phenolic OH excluding ortho intramolecular Hbond substituents is 1. The predicted molar refractivity (Wildman–Crippen MR) is 87.4 cm³/mol. The highest BCUT2D eigenvalue weighted by atomic mass is 16.4. The number of hydrogen-bond donors (Lipinski definition) is 5. The molecule has 9 nitrogen and oxygen atoms in total. The van der Waals surface area contributed by atoms with Gasteiger partial charge in [-0.2, -0.15) is 0 Å². The van der Waals surface area contributed by atoms with Gasteiger partial charge in [-0.1, -0.05) is 12.1 Å². The largest absolute Gasteiger partial charge is 0.508 e. The first-order valence-electron chi connectivity index (χ1n) is 7.55. The van der Waals surface area contributed by atoms with E-state index in [1.165, 1.54) is 19.1 Å². The molecule has 6 N–H and O–H groups in total. The van der Waals surface area contributed by atoms with Crippen LogP contribution in [0.2, 0.25) is 0 Å². The van der Waals surface area contributed by atoms with Gasteiger partial charge in [0.1, 0.15) is 17.8 Å². The highest BCUT2D eigenvalue weighted by Crippen LogP contribution is 2.11. The Morgan fingerprint density at radius 1 is 1.08 bits per heavy atom. The monoisotopic (exact) mass is 351 g/mol. The summed E-state index contributed by atoms with van der Waals surface area (Å²) in [4.78, 5) is 45.7. The molecule has 0 fully saturated rings. The molecule has 0 radical (unpaired) electrons. The highest BCUT2D eigenvalue weighted by molar-refractivity contribution is 5.91. The molecule has 0 spiro atoms. The molecule has 0 aliphatic rings. The van der Waals surface area contributed by atoms with Crippen LogP contribution in [-0.4, -0.2) is 46.0 Å². The first-order chi connectivity index (χ1) is 11.7. The van der Waals surface area contributed by atoms with Crippen LogP contribution in [0.3, 0.4) is 0 Å². The molecular weight excluding hydrogens is 330 g/mol. The van der Waals surface area contributed by atoms with Gasteiger partial charge in [-0.05, 0) is 24.1 Å². The van der Waals surface area contributed by atoms with Gasteiger partial charge >= 0.3 is 5.97 Å². The van der Waals surface area contributed by atoms with Gasteiger partial charge in [-0.15, -0.1) is 0 Å². The fourth-order valence-electron chi connectivity index (χ4n) is 2.15. The normalized spacial score (nSPS) is 12.7. The maximum atomic E-state index is 12.4. The Balaban J connectivity index is 2.83. The lowest BCUT2D eigenvalue weighted by molar-refractivity contribution is -0.137. The average Bonchev–Trinajstić information content (AvgIpc) is 2.51. The summed E-state index contributed by atoms with van der Waals surface area (Å²) in [5.74, 6) is -3.02. The van der Waals surface area contributed by atoms with Crippen molar-refractivity contribution in [3.8, 4) is 5.75 Å². The zero-order chi connectivity index (χ0) is 19.0. The summed E-state index contributed by atoms with van der Waals surface area (Å²) in [5.41, 5.74) is 5.85. The van der Waals surface area contributed by atoms with E-state index in [-0.39, 0.29) is 25.0 Å². The Hall–Kier alpha value is -3.10. The maximum Gasteiger partial charge on any atom is 0.303 e. The van der Waals surface area contributed by atoms with Crippen molar-refractivity contribution in [1.29, 1.82) is 0 Å². The Morgan fingerprint density at radius 2 is 1.68 bits per heavy atom. The summed E-state index contributed by atoms with van der Waals surface area (Å²) in [6.07, 6.45) is -0.366. The fourth-order valence-corrected chi connectivity index (χ4v) is 2.15.